The van der Waals surface area contributed by atoms with Crippen LogP contribution >= 0.6 is 0 Å². The molecular weight excluding hydrogens is 222 g/mol. The molecule has 2 N–H and O–H groups in total. The number of hydrogen-bond acceptors (Lipinski definition) is 3. The SMILES string of the molecule is C#CCNC(=O)c1cc[n+](CCC(=O)O)nc1. The Morgan fingerprint density at radius 1 is 1.59 bits per heavy atom. The number of carbonyl (C=O) groups excluding carboxylic acids is 1. The number of carbonyl (C=O) groups is 2. The van der Waals surface area contributed by atoms with Gasteiger partial charge in [0.15, 0.2) is 12.7 Å². The molecular formula is C11H12N3O3+. The van der Waals surface area contributed by atoms with Crippen molar-refractivity contribution in [1.82, 2.24) is 10.4 Å². The molecule has 1 amide bonds. The first-order valence-corrected chi connectivity index (χ1v) is 4.92. The van der Waals surface area contributed by atoms with Crippen molar-refractivity contribution in [2.75, 3.05) is 6.54 Å². The lowest BCUT2D eigenvalue weighted by atomic mass is 10.3. The Hall–Kier alpha value is -2.42. The van der Waals surface area contributed by atoms with E-state index < -0.39 is 5.97 Å². The normalized spacial score (nSPS) is 9.35. The fourth-order valence-corrected chi connectivity index (χ4v) is 1.09. The number of carboxylic acid groups (broad SMARTS) is 1. The van der Waals surface area contributed by atoms with Crippen LogP contribution in [0.4, 0.5) is 0 Å². The van der Waals surface area contributed by atoms with Crippen molar-refractivity contribution in [2.24, 2.45) is 0 Å². The van der Waals surface area contributed by atoms with Crippen LogP contribution in [0.3, 0.4) is 0 Å². The molecule has 88 valence electrons. The third-order valence-electron chi connectivity index (χ3n) is 1.94. The summed E-state index contributed by atoms with van der Waals surface area (Å²) in [7, 11) is 0. The van der Waals surface area contributed by atoms with Gasteiger partial charge in [-0.1, -0.05) is 10.6 Å². The number of carboxylic acids is 1. The molecule has 0 aliphatic heterocycles. The molecule has 0 atom stereocenters. The molecule has 1 aromatic rings. The number of terminal acetylenes is 1. The van der Waals surface area contributed by atoms with Gasteiger partial charge in [-0.25, -0.2) is 0 Å². The average molecular weight is 234 g/mol. The fraction of sp³-hybridized carbons (Fsp3) is 0.273. The first kappa shape index (κ1) is 12.6. The maximum absolute atomic E-state index is 11.4. The van der Waals surface area contributed by atoms with E-state index in [1.807, 2.05) is 0 Å². The number of aryl methyl sites for hydroxylation is 1. The van der Waals surface area contributed by atoms with E-state index in [9.17, 15) is 9.59 Å². The van der Waals surface area contributed by atoms with Gasteiger partial charge < -0.3 is 10.4 Å². The molecule has 0 radical (unpaired) electrons. The van der Waals surface area contributed by atoms with Crippen molar-refractivity contribution < 1.29 is 19.4 Å². The molecule has 0 fully saturated rings. The van der Waals surface area contributed by atoms with Gasteiger partial charge in [0.05, 0.1) is 12.1 Å². The Labute approximate surface area is 98.3 Å². The molecule has 0 bridgehead atoms. The average Bonchev–Trinajstić information content (AvgIpc) is 2.34. The Morgan fingerprint density at radius 2 is 2.35 bits per heavy atom. The lowest BCUT2D eigenvalue weighted by Gasteiger charge is -1.99. The third kappa shape index (κ3) is 4.30. The van der Waals surface area contributed by atoms with Gasteiger partial charge in [0.1, 0.15) is 12.6 Å². The topological polar surface area (TPSA) is 83.2 Å². The molecule has 1 heterocycles. The summed E-state index contributed by atoms with van der Waals surface area (Å²) in [5.74, 6) is 1.09. The molecule has 17 heavy (non-hydrogen) atoms. The van der Waals surface area contributed by atoms with E-state index in [0.29, 0.717) is 5.56 Å². The Morgan fingerprint density at radius 3 is 2.88 bits per heavy atom. The molecule has 0 saturated carbocycles. The van der Waals surface area contributed by atoms with E-state index >= 15 is 0 Å². The Kier molecular flexibility index (Phi) is 4.63. The number of nitrogens with zero attached hydrogens (tertiary/aromatic N) is 2. The van der Waals surface area contributed by atoms with E-state index in [2.05, 4.69) is 16.3 Å². The quantitative estimate of drug-likeness (QED) is 0.516. The Balaban J connectivity index is 2.58. The number of rotatable bonds is 5. The van der Waals surface area contributed by atoms with Crippen molar-refractivity contribution in [1.29, 1.82) is 0 Å². The van der Waals surface area contributed by atoms with Gasteiger partial charge in [-0.3, -0.25) is 9.59 Å². The van der Waals surface area contributed by atoms with Crippen LogP contribution in [-0.4, -0.2) is 28.6 Å². The van der Waals surface area contributed by atoms with E-state index in [-0.39, 0.29) is 25.4 Å². The highest BCUT2D eigenvalue weighted by atomic mass is 16.4. The number of hydrogen-bond donors (Lipinski definition) is 2. The molecule has 1 rings (SSSR count). The maximum Gasteiger partial charge on any atom is 0.309 e. The van der Waals surface area contributed by atoms with Crippen molar-refractivity contribution in [3.8, 4) is 12.3 Å². The first-order chi connectivity index (χ1) is 8.13. The zero-order valence-corrected chi connectivity index (χ0v) is 9.09. The van der Waals surface area contributed by atoms with Crippen LogP contribution in [-0.2, 0) is 11.3 Å². The summed E-state index contributed by atoms with van der Waals surface area (Å²) in [6, 6.07) is 1.56. The van der Waals surface area contributed by atoms with Crippen LogP contribution < -0.4 is 10.00 Å². The van der Waals surface area contributed by atoms with E-state index in [1.54, 1.807) is 12.3 Å². The summed E-state index contributed by atoms with van der Waals surface area (Å²) in [4.78, 5) is 21.8. The van der Waals surface area contributed by atoms with Crippen LogP contribution in [0, 0.1) is 12.3 Å². The largest absolute Gasteiger partial charge is 0.481 e. The van der Waals surface area contributed by atoms with Crippen molar-refractivity contribution in [3.05, 3.63) is 24.0 Å². The van der Waals surface area contributed by atoms with Gasteiger partial charge in [0.25, 0.3) is 5.91 Å². The smallest absolute Gasteiger partial charge is 0.309 e. The molecule has 0 aliphatic rings. The summed E-state index contributed by atoms with van der Waals surface area (Å²) < 4.78 is 1.45. The number of aliphatic carboxylic acids is 1. The molecule has 0 unspecified atom stereocenters. The maximum atomic E-state index is 11.4. The molecule has 0 aromatic carbocycles. The van der Waals surface area contributed by atoms with Crippen molar-refractivity contribution in [2.45, 2.75) is 13.0 Å². The number of nitrogens with one attached hydrogen (secondary N) is 1. The van der Waals surface area contributed by atoms with Crippen LogP contribution in [0.1, 0.15) is 16.8 Å². The van der Waals surface area contributed by atoms with Gasteiger partial charge >= 0.3 is 5.97 Å². The van der Waals surface area contributed by atoms with E-state index in [0.717, 1.165) is 0 Å². The highest BCUT2D eigenvalue weighted by Gasteiger charge is 2.10. The lowest BCUT2D eigenvalue weighted by Crippen LogP contribution is -2.39. The molecule has 6 heteroatoms. The standard InChI is InChI=1S/C11H11N3O3/c1-2-5-12-11(17)9-3-6-14(13-8-9)7-4-10(15)16/h1,3,6,8H,4-5,7H2,(H-,12,15,16,17)/p+1. The molecule has 1 aromatic heterocycles. The van der Waals surface area contributed by atoms with Gasteiger partial charge in [-0.15, -0.1) is 6.42 Å². The van der Waals surface area contributed by atoms with Crippen LogP contribution in [0.5, 0.6) is 0 Å². The van der Waals surface area contributed by atoms with Crippen molar-refractivity contribution in [3.63, 3.8) is 0 Å². The molecule has 0 spiro atoms. The monoisotopic (exact) mass is 234 g/mol. The second-order valence-corrected chi connectivity index (χ2v) is 3.21. The Bertz CT molecular complexity index is 448. The summed E-state index contributed by atoms with van der Waals surface area (Å²) in [5, 5.41) is 14.9. The van der Waals surface area contributed by atoms with E-state index in [1.165, 1.54) is 10.9 Å². The summed E-state index contributed by atoms with van der Waals surface area (Å²) in [6.07, 6.45) is 7.91. The van der Waals surface area contributed by atoms with Gasteiger partial charge in [0.2, 0.25) is 0 Å². The van der Waals surface area contributed by atoms with Crippen LogP contribution in [0.15, 0.2) is 18.5 Å². The molecule has 6 nitrogen and oxygen atoms in total. The predicted molar refractivity (Wildman–Crippen MR) is 57.9 cm³/mol. The highest BCUT2D eigenvalue weighted by molar-refractivity contribution is 5.93. The summed E-state index contributed by atoms with van der Waals surface area (Å²) in [5.41, 5.74) is 0.381. The second-order valence-electron chi connectivity index (χ2n) is 3.21. The lowest BCUT2D eigenvalue weighted by molar-refractivity contribution is -0.753. The minimum atomic E-state index is -0.893. The van der Waals surface area contributed by atoms with Crippen LogP contribution in [0.25, 0.3) is 0 Å². The predicted octanol–water partition coefficient (Wildman–Crippen LogP) is -0.793. The third-order valence-corrected chi connectivity index (χ3v) is 1.94. The zero-order valence-electron chi connectivity index (χ0n) is 9.09. The van der Waals surface area contributed by atoms with Gasteiger partial charge in [-0.2, -0.15) is 0 Å². The number of amides is 1. The van der Waals surface area contributed by atoms with E-state index in [4.69, 9.17) is 11.5 Å². The highest BCUT2D eigenvalue weighted by Crippen LogP contribution is 1.92. The minimum absolute atomic E-state index is 0.0136. The zero-order chi connectivity index (χ0) is 12.7. The first-order valence-electron chi connectivity index (χ1n) is 4.92. The molecule has 0 aliphatic carbocycles. The summed E-state index contributed by atoms with van der Waals surface area (Å²) >= 11 is 0. The van der Waals surface area contributed by atoms with Gasteiger partial charge in [0, 0.05) is 6.07 Å². The molecule has 0 saturated heterocycles. The number of aromatic nitrogens is 2. The van der Waals surface area contributed by atoms with Crippen LogP contribution in [0.2, 0.25) is 0 Å². The fourth-order valence-electron chi connectivity index (χ4n) is 1.09. The second kappa shape index (κ2) is 6.23. The van der Waals surface area contributed by atoms with Crippen molar-refractivity contribution >= 4 is 11.9 Å². The summed E-state index contributed by atoms with van der Waals surface area (Å²) in [6.45, 7) is 0.425. The minimum Gasteiger partial charge on any atom is -0.481 e. The van der Waals surface area contributed by atoms with Gasteiger partial charge in [-0.05, 0) is 5.10 Å².